The molecule has 0 amide bonds. The van der Waals surface area contributed by atoms with Crippen LogP contribution >= 0.6 is 11.8 Å². The van der Waals surface area contributed by atoms with Crippen molar-refractivity contribution in [2.24, 2.45) is 0 Å². The highest BCUT2D eigenvalue weighted by molar-refractivity contribution is 7.98. The Morgan fingerprint density at radius 1 is 0.909 bits per heavy atom. The predicted molar refractivity (Wildman–Crippen MR) is 133 cm³/mol. The molecule has 5 aromatic rings. The van der Waals surface area contributed by atoms with Crippen LogP contribution in [-0.2, 0) is 12.2 Å². The lowest BCUT2D eigenvalue weighted by molar-refractivity contribution is 0.817. The van der Waals surface area contributed by atoms with E-state index in [2.05, 4.69) is 16.9 Å². The number of H-pyrrole nitrogens is 1. The van der Waals surface area contributed by atoms with E-state index in [1.807, 2.05) is 61.5 Å². The van der Waals surface area contributed by atoms with Crippen LogP contribution in [0, 0.1) is 6.92 Å². The zero-order chi connectivity index (χ0) is 22.9. The van der Waals surface area contributed by atoms with E-state index >= 15 is 0 Å². The van der Waals surface area contributed by atoms with Crippen LogP contribution in [0.5, 0.6) is 0 Å². The molecule has 2 aromatic heterocycles. The van der Waals surface area contributed by atoms with Gasteiger partial charge in [0.1, 0.15) is 5.82 Å². The zero-order valence-electron chi connectivity index (χ0n) is 18.3. The minimum atomic E-state index is -0.168. The highest BCUT2D eigenvalue weighted by atomic mass is 32.2. The third-order valence-electron chi connectivity index (χ3n) is 5.67. The van der Waals surface area contributed by atoms with Crippen molar-refractivity contribution in [3.8, 4) is 5.69 Å². The van der Waals surface area contributed by atoms with Crippen LogP contribution in [0.1, 0.15) is 23.9 Å². The largest absolute Gasteiger partial charge is 0.309 e. The molecule has 0 saturated heterocycles. The Balaban J connectivity index is 1.60. The van der Waals surface area contributed by atoms with Gasteiger partial charge in [-0.25, -0.2) is 9.97 Å². The first-order chi connectivity index (χ1) is 16.0. The lowest BCUT2D eigenvalue weighted by atomic mass is 10.1. The molecular formula is C26H22N4O2S. The summed E-state index contributed by atoms with van der Waals surface area (Å²) in [5.41, 5.74) is 3.94. The number of rotatable bonds is 5. The highest BCUT2D eigenvalue weighted by Gasteiger charge is 2.15. The second-order valence-electron chi connectivity index (χ2n) is 7.84. The molecule has 0 aliphatic carbocycles. The van der Waals surface area contributed by atoms with E-state index in [0.717, 1.165) is 17.7 Å². The maximum Gasteiger partial charge on any atom is 0.266 e. The molecule has 2 heterocycles. The second kappa shape index (κ2) is 8.67. The first kappa shape index (κ1) is 21.2. The fourth-order valence-corrected chi connectivity index (χ4v) is 4.75. The molecule has 0 fully saturated rings. The molecule has 164 valence electrons. The third-order valence-corrected chi connectivity index (χ3v) is 6.62. The average molecular weight is 455 g/mol. The smallest absolute Gasteiger partial charge is 0.266 e. The summed E-state index contributed by atoms with van der Waals surface area (Å²) < 4.78 is 1.64. The molecule has 7 heteroatoms. The zero-order valence-corrected chi connectivity index (χ0v) is 19.1. The van der Waals surface area contributed by atoms with Gasteiger partial charge >= 0.3 is 0 Å². The number of para-hydroxylation sites is 2. The number of fused-ring (bicyclic) bond motifs is 2. The normalized spacial score (nSPS) is 11.3. The molecule has 5 rings (SSSR count). The van der Waals surface area contributed by atoms with Gasteiger partial charge in [-0.1, -0.05) is 55.1 Å². The molecule has 0 aliphatic heterocycles. The minimum absolute atomic E-state index is 0.122. The van der Waals surface area contributed by atoms with Crippen molar-refractivity contribution in [3.05, 3.63) is 104 Å². The van der Waals surface area contributed by atoms with Gasteiger partial charge in [-0.05, 0) is 54.8 Å². The second-order valence-corrected chi connectivity index (χ2v) is 8.79. The van der Waals surface area contributed by atoms with E-state index in [1.165, 1.54) is 17.3 Å². The molecule has 0 atom stereocenters. The molecule has 33 heavy (non-hydrogen) atoms. The molecule has 0 aliphatic rings. The van der Waals surface area contributed by atoms with Crippen molar-refractivity contribution in [1.29, 1.82) is 0 Å². The quantitative estimate of drug-likeness (QED) is 0.305. The van der Waals surface area contributed by atoms with Crippen molar-refractivity contribution >= 4 is 33.6 Å². The minimum Gasteiger partial charge on any atom is -0.309 e. The lowest BCUT2D eigenvalue weighted by Gasteiger charge is -2.13. The number of nitrogens with one attached hydrogen (secondary N) is 1. The van der Waals surface area contributed by atoms with Gasteiger partial charge in [0, 0.05) is 0 Å². The van der Waals surface area contributed by atoms with Gasteiger partial charge in [0.05, 0.1) is 33.2 Å². The van der Waals surface area contributed by atoms with Gasteiger partial charge in [-0.15, -0.1) is 0 Å². The molecule has 0 unspecified atom stereocenters. The van der Waals surface area contributed by atoms with Crippen molar-refractivity contribution in [2.75, 3.05) is 0 Å². The Kier molecular flexibility index (Phi) is 5.56. The summed E-state index contributed by atoms with van der Waals surface area (Å²) in [6.07, 6.45) is 0.924. The number of aryl methyl sites for hydroxylation is 2. The Morgan fingerprint density at radius 2 is 1.67 bits per heavy atom. The van der Waals surface area contributed by atoms with E-state index in [0.29, 0.717) is 38.5 Å². The van der Waals surface area contributed by atoms with Crippen LogP contribution in [0.3, 0.4) is 0 Å². The topological polar surface area (TPSA) is 80.6 Å². The Labute approximate surface area is 194 Å². The molecular weight excluding hydrogens is 432 g/mol. The van der Waals surface area contributed by atoms with Gasteiger partial charge in [0.25, 0.3) is 11.1 Å². The fourth-order valence-electron chi connectivity index (χ4n) is 3.87. The molecule has 0 spiro atoms. The van der Waals surface area contributed by atoms with Crippen LogP contribution in [-0.4, -0.2) is 19.5 Å². The number of benzene rings is 3. The van der Waals surface area contributed by atoms with Crippen molar-refractivity contribution < 1.29 is 0 Å². The summed E-state index contributed by atoms with van der Waals surface area (Å²) >= 11 is 1.38. The lowest BCUT2D eigenvalue weighted by Crippen LogP contribution is -2.22. The number of aromatic nitrogens is 4. The van der Waals surface area contributed by atoms with Crippen LogP contribution in [0.15, 0.2) is 81.5 Å². The Morgan fingerprint density at radius 3 is 2.45 bits per heavy atom. The monoisotopic (exact) mass is 454 g/mol. The average Bonchev–Trinajstić information content (AvgIpc) is 2.84. The Bertz CT molecular complexity index is 1600. The van der Waals surface area contributed by atoms with Crippen LogP contribution in [0.4, 0.5) is 0 Å². The summed E-state index contributed by atoms with van der Waals surface area (Å²) in [4.78, 5) is 38.3. The standard InChI is InChI=1S/C26H22N4O2S/c1-3-17-11-13-18(14-12-17)30-25(32)19-8-4-5-10-21(19)27-26(30)33-15-22-28-23-16(2)7-6-9-20(23)24(31)29-22/h4-14H,3,15H2,1-2H3,(H,28,29,31). The fraction of sp³-hybridized carbons (Fsp3) is 0.154. The summed E-state index contributed by atoms with van der Waals surface area (Å²) in [5, 5.41) is 1.69. The maximum atomic E-state index is 13.4. The van der Waals surface area contributed by atoms with Crippen molar-refractivity contribution in [1.82, 2.24) is 19.5 Å². The molecule has 3 aromatic carbocycles. The number of thioether (sulfide) groups is 1. The predicted octanol–water partition coefficient (Wildman–Crippen LogP) is 4.79. The summed E-state index contributed by atoms with van der Waals surface area (Å²) in [6.45, 7) is 4.04. The van der Waals surface area contributed by atoms with Crippen LogP contribution in [0.2, 0.25) is 0 Å². The molecule has 6 nitrogen and oxygen atoms in total. The Hall–Kier alpha value is -3.71. The van der Waals surface area contributed by atoms with Gasteiger partial charge in [0.2, 0.25) is 0 Å². The first-order valence-corrected chi connectivity index (χ1v) is 11.8. The molecule has 0 bridgehead atoms. The number of hydrogen-bond donors (Lipinski definition) is 1. The van der Waals surface area contributed by atoms with E-state index in [9.17, 15) is 9.59 Å². The van der Waals surface area contributed by atoms with Gasteiger partial charge < -0.3 is 4.98 Å². The van der Waals surface area contributed by atoms with Crippen molar-refractivity contribution in [3.63, 3.8) is 0 Å². The molecule has 1 N–H and O–H groups in total. The third kappa shape index (κ3) is 3.96. The van der Waals surface area contributed by atoms with Crippen LogP contribution in [0.25, 0.3) is 27.5 Å². The molecule has 0 saturated carbocycles. The number of hydrogen-bond acceptors (Lipinski definition) is 5. The van der Waals surface area contributed by atoms with E-state index in [4.69, 9.17) is 4.98 Å². The van der Waals surface area contributed by atoms with Gasteiger partial charge in [0.15, 0.2) is 5.16 Å². The van der Waals surface area contributed by atoms with Crippen LogP contribution < -0.4 is 11.1 Å². The van der Waals surface area contributed by atoms with E-state index in [-0.39, 0.29) is 11.1 Å². The maximum absolute atomic E-state index is 13.4. The SMILES string of the molecule is CCc1ccc(-n2c(SCc3nc4c(C)cccc4c(=O)[nH]3)nc3ccccc3c2=O)cc1. The highest BCUT2D eigenvalue weighted by Crippen LogP contribution is 2.24. The van der Waals surface area contributed by atoms with E-state index < -0.39 is 0 Å². The number of nitrogens with zero attached hydrogens (tertiary/aromatic N) is 3. The van der Waals surface area contributed by atoms with Gasteiger partial charge in [-0.2, -0.15) is 0 Å². The van der Waals surface area contributed by atoms with Gasteiger partial charge in [-0.3, -0.25) is 14.2 Å². The molecule has 0 radical (unpaired) electrons. The summed E-state index contributed by atoms with van der Waals surface area (Å²) in [7, 11) is 0. The number of aromatic amines is 1. The summed E-state index contributed by atoms with van der Waals surface area (Å²) in [6, 6.07) is 20.8. The van der Waals surface area contributed by atoms with Crippen molar-refractivity contribution in [2.45, 2.75) is 31.2 Å². The van der Waals surface area contributed by atoms with E-state index in [1.54, 1.807) is 16.7 Å². The summed E-state index contributed by atoms with van der Waals surface area (Å²) in [5.74, 6) is 0.916. The first-order valence-electron chi connectivity index (χ1n) is 10.8.